The number of hydrogen-bond acceptors (Lipinski definition) is 3. The Morgan fingerprint density at radius 1 is 0.567 bits per heavy atom. The molecular weight excluding hydrogens is 376 g/mol. The predicted molar refractivity (Wildman–Crippen MR) is 114 cm³/mol. The number of allylic oxidation sites excluding steroid dienone is 1. The number of benzene rings is 3. The first-order valence-corrected chi connectivity index (χ1v) is 9.70. The summed E-state index contributed by atoms with van der Waals surface area (Å²) in [5.41, 5.74) is 1.50. The van der Waals surface area contributed by atoms with Gasteiger partial charge in [0.25, 0.3) is 11.8 Å². The van der Waals surface area contributed by atoms with E-state index in [4.69, 9.17) is 0 Å². The Morgan fingerprint density at radius 2 is 0.933 bits per heavy atom. The third-order valence-corrected chi connectivity index (χ3v) is 4.95. The molecule has 1 fully saturated rings. The van der Waals surface area contributed by atoms with Crippen molar-refractivity contribution in [2.75, 3.05) is 13.1 Å². The van der Waals surface area contributed by atoms with Crippen LogP contribution in [0.25, 0.3) is 0 Å². The molecule has 0 atom stereocenters. The fourth-order valence-corrected chi connectivity index (χ4v) is 3.42. The van der Waals surface area contributed by atoms with E-state index in [9.17, 15) is 14.4 Å². The van der Waals surface area contributed by atoms with Gasteiger partial charge in [-0.25, -0.2) is 0 Å². The highest BCUT2D eigenvalue weighted by molar-refractivity contribution is 6.07. The SMILES string of the molecule is O=C(C=C1N(C(=O)c2ccccc2)CCN1C(=O)c1ccccc1)c1ccccc1. The molecule has 3 aromatic carbocycles. The summed E-state index contributed by atoms with van der Waals surface area (Å²) < 4.78 is 0. The van der Waals surface area contributed by atoms with E-state index in [1.807, 2.05) is 18.2 Å². The second-order valence-corrected chi connectivity index (χ2v) is 6.88. The molecular formula is C25H20N2O3. The van der Waals surface area contributed by atoms with Gasteiger partial charge in [-0.2, -0.15) is 0 Å². The Bertz CT molecular complexity index is 1030. The normalized spacial score (nSPS) is 13.3. The maximum Gasteiger partial charge on any atom is 0.259 e. The number of hydrogen-bond donors (Lipinski definition) is 0. The molecule has 5 heteroatoms. The zero-order valence-corrected chi connectivity index (χ0v) is 16.3. The molecule has 0 unspecified atom stereocenters. The minimum Gasteiger partial charge on any atom is -0.292 e. The summed E-state index contributed by atoms with van der Waals surface area (Å²) in [6, 6.07) is 26.5. The standard InChI is InChI=1S/C25H20N2O3/c28-22(19-10-4-1-5-11-19)18-23-26(24(29)20-12-6-2-7-13-20)16-17-27(23)25(30)21-14-8-3-9-15-21/h1-15,18H,16-17H2. The minimum atomic E-state index is -0.260. The third-order valence-electron chi connectivity index (χ3n) is 4.95. The highest BCUT2D eigenvalue weighted by Gasteiger charge is 2.34. The van der Waals surface area contributed by atoms with Gasteiger partial charge >= 0.3 is 0 Å². The molecule has 0 aromatic heterocycles. The first-order valence-electron chi connectivity index (χ1n) is 9.70. The number of amides is 2. The molecule has 1 saturated heterocycles. The van der Waals surface area contributed by atoms with Crippen molar-refractivity contribution in [3.63, 3.8) is 0 Å². The summed E-state index contributed by atoms with van der Waals surface area (Å²) in [5.74, 6) is -0.451. The molecule has 0 radical (unpaired) electrons. The van der Waals surface area contributed by atoms with Gasteiger partial charge in [-0.05, 0) is 24.3 Å². The summed E-state index contributed by atoms with van der Waals surface area (Å²) in [7, 11) is 0. The van der Waals surface area contributed by atoms with Crippen molar-refractivity contribution in [1.29, 1.82) is 0 Å². The lowest BCUT2D eigenvalue weighted by atomic mass is 10.1. The zero-order valence-electron chi connectivity index (χ0n) is 16.3. The molecule has 0 aliphatic carbocycles. The molecule has 3 aromatic rings. The number of ketones is 1. The van der Waals surface area contributed by atoms with Gasteiger partial charge in [0.05, 0.1) is 0 Å². The molecule has 0 spiro atoms. The van der Waals surface area contributed by atoms with Gasteiger partial charge in [0, 0.05) is 35.9 Å². The Labute approximate surface area is 174 Å². The van der Waals surface area contributed by atoms with Crippen LogP contribution in [0.1, 0.15) is 31.1 Å². The van der Waals surface area contributed by atoms with Crippen LogP contribution in [0.15, 0.2) is 103 Å². The van der Waals surface area contributed by atoms with Crippen LogP contribution in [-0.4, -0.2) is 40.5 Å². The average Bonchev–Trinajstić information content (AvgIpc) is 3.23. The zero-order chi connectivity index (χ0) is 20.9. The Morgan fingerprint density at radius 3 is 1.33 bits per heavy atom. The van der Waals surface area contributed by atoms with E-state index in [0.29, 0.717) is 35.6 Å². The lowest BCUT2D eigenvalue weighted by Gasteiger charge is -2.22. The highest BCUT2D eigenvalue weighted by atomic mass is 16.2. The second-order valence-electron chi connectivity index (χ2n) is 6.88. The van der Waals surface area contributed by atoms with Crippen molar-refractivity contribution in [3.05, 3.63) is 120 Å². The molecule has 5 nitrogen and oxygen atoms in total. The van der Waals surface area contributed by atoms with Crippen LogP contribution in [0.5, 0.6) is 0 Å². The van der Waals surface area contributed by atoms with Crippen LogP contribution in [0.4, 0.5) is 0 Å². The molecule has 148 valence electrons. The smallest absolute Gasteiger partial charge is 0.259 e. The van der Waals surface area contributed by atoms with Gasteiger partial charge in [-0.1, -0.05) is 66.7 Å². The van der Waals surface area contributed by atoms with Crippen molar-refractivity contribution in [1.82, 2.24) is 9.80 Å². The van der Waals surface area contributed by atoms with Gasteiger partial charge in [0.15, 0.2) is 5.78 Å². The fraction of sp³-hybridized carbons (Fsp3) is 0.0800. The monoisotopic (exact) mass is 396 g/mol. The van der Waals surface area contributed by atoms with Crippen LogP contribution < -0.4 is 0 Å². The lowest BCUT2D eigenvalue weighted by Crippen LogP contribution is -2.32. The molecule has 0 saturated carbocycles. The summed E-state index contributed by atoms with van der Waals surface area (Å²) in [6.45, 7) is 0.639. The molecule has 1 heterocycles. The second kappa shape index (κ2) is 8.57. The molecule has 0 N–H and O–H groups in total. The van der Waals surface area contributed by atoms with Crippen molar-refractivity contribution in [2.24, 2.45) is 0 Å². The summed E-state index contributed by atoms with van der Waals surface area (Å²) in [6.07, 6.45) is 1.38. The summed E-state index contributed by atoms with van der Waals surface area (Å²) in [4.78, 5) is 42.1. The Kier molecular flexibility index (Phi) is 5.52. The summed E-state index contributed by atoms with van der Waals surface area (Å²) in [5, 5.41) is 0. The van der Waals surface area contributed by atoms with Crippen LogP contribution in [0.3, 0.4) is 0 Å². The van der Waals surface area contributed by atoms with Crippen molar-refractivity contribution < 1.29 is 14.4 Å². The quantitative estimate of drug-likeness (QED) is 0.495. The summed E-state index contributed by atoms with van der Waals surface area (Å²) >= 11 is 0. The van der Waals surface area contributed by atoms with Crippen LogP contribution in [-0.2, 0) is 0 Å². The van der Waals surface area contributed by atoms with Crippen LogP contribution in [0.2, 0.25) is 0 Å². The van der Waals surface area contributed by atoms with E-state index in [-0.39, 0.29) is 17.6 Å². The Balaban J connectivity index is 1.72. The fourth-order valence-electron chi connectivity index (χ4n) is 3.42. The maximum atomic E-state index is 13.1. The molecule has 2 amide bonds. The van der Waals surface area contributed by atoms with E-state index in [1.165, 1.54) is 15.9 Å². The predicted octanol–water partition coefficient (Wildman–Crippen LogP) is 4.01. The van der Waals surface area contributed by atoms with E-state index >= 15 is 0 Å². The maximum absolute atomic E-state index is 13.1. The van der Waals surface area contributed by atoms with E-state index in [1.54, 1.807) is 72.8 Å². The molecule has 1 aliphatic rings. The van der Waals surface area contributed by atoms with Gasteiger partial charge in [0.2, 0.25) is 0 Å². The Hall–Kier alpha value is -3.99. The van der Waals surface area contributed by atoms with Crippen LogP contribution in [0, 0.1) is 0 Å². The molecule has 4 rings (SSSR count). The highest BCUT2D eigenvalue weighted by Crippen LogP contribution is 2.24. The van der Waals surface area contributed by atoms with E-state index in [2.05, 4.69) is 0 Å². The number of rotatable bonds is 4. The average molecular weight is 396 g/mol. The van der Waals surface area contributed by atoms with Gasteiger partial charge in [-0.3, -0.25) is 24.2 Å². The number of nitrogens with zero attached hydrogens (tertiary/aromatic N) is 2. The topological polar surface area (TPSA) is 57.7 Å². The van der Waals surface area contributed by atoms with Gasteiger partial charge in [-0.15, -0.1) is 0 Å². The molecule has 1 aliphatic heterocycles. The largest absolute Gasteiger partial charge is 0.292 e. The minimum absolute atomic E-state index is 0.244. The third kappa shape index (κ3) is 3.91. The molecule has 30 heavy (non-hydrogen) atoms. The van der Waals surface area contributed by atoms with Crippen molar-refractivity contribution >= 4 is 17.6 Å². The van der Waals surface area contributed by atoms with E-state index < -0.39 is 0 Å². The molecule has 0 bridgehead atoms. The first-order chi connectivity index (χ1) is 14.6. The van der Waals surface area contributed by atoms with Crippen LogP contribution >= 0.6 is 0 Å². The first kappa shape index (κ1) is 19.3. The van der Waals surface area contributed by atoms with Gasteiger partial charge < -0.3 is 0 Å². The van der Waals surface area contributed by atoms with E-state index in [0.717, 1.165) is 0 Å². The van der Waals surface area contributed by atoms with Crippen molar-refractivity contribution in [3.8, 4) is 0 Å². The number of carbonyl (C=O) groups is 3. The van der Waals surface area contributed by atoms with Crippen molar-refractivity contribution in [2.45, 2.75) is 0 Å². The van der Waals surface area contributed by atoms with Gasteiger partial charge in [0.1, 0.15) is 5.82 Å². The number of carbonyl (C=O) groups excluding carboxylic acids is 3. The lowest BCUT2D eigenvalue weighted by molar-refractivity contribution is 0.0780.